The average Bonchev–Trinajstić information content (AvgIpc) is 2.70. The highest BCUT2D eigenvalue weighted by Gasteiger charge is 2.13. The van der Waals surface area contributed by atoms with Crippen molar-refractivity contribution in [2.45, 2.75) is 26.6 Å². The van der Waals surface area contributed by atoms with Crippen LogP contribution < -0.4 is 9.47 Å². The maximum Gasteiger partial charge on any atom is 0.127 e. The van der Waals surface area contributed by atoms with Crippen molar-refractivity contribution in [3.05, 3.63) is 89.2 Å². The quantitative estimate of drug-likeness (QED) is 0.586. The first-order chi connectivity index (χ1) is 13.2. The van der Waals surface area contributed by atoms with Crippen LogP contribution in [0.2, 0.25) is 0 Å². The number of rotatable bonds is 8. The van der Waals surface area contributed by atoms with E-state index in [-0.39, 0.29) is 0 Å². The van der Waals surface area contributed by atoms with Crippen molar-refractivity contribution in [1.82, 2.24) is 9.88 Å². The van der Waals surface area contributed by atoms with E-state index >= 15 is 0 Å². The van der Waals surface area contributed by atoms with Gasteiger partial charge in [-0.1, -0.05) is 30.3 Å². The molecule has 0 aliphatic carbocycles. The SMILES string of the molecule is COc1ccc(CN(Cc2ccncc2)Cc2ccccc2C)c(OC)c1. The lowest BCUT2D eigenvalue weighted by Gasteiger charge is -2.24. The van der Waals surface area contributed by atoms with Gasteiger partial charge < -0.3 is 9.47 Å². The Hall–Kier alpha value is -2.85. The van der Waals surface area contributed by atoms with Crippen LogP contribution in [0.1, 0.15) is 22.3 Å². The van der Waals surface area contributed by atoms with E-state index in [2.05, 4.69) is 59.3 Å². The number of hydrogen-bond donors (Lipinski definition) is 0. The van der Waals surface area contributed by atoms with Crippen molar-refractivity contribution in [3.63, 3.8) is 0 Å². The highest BCUT2D eigenvalue weighted by atomic mass is 16.5. The molecule has 1 heterocycles. The van der Waals surface area contributed by atoms with Gasteiger partial charge in [0, 0.05) is 43.7 Å². The van der Waals surface area contributed by atoms with Crippen LogP contribution in [0.5, 0.6) is 11.5 Å². The molecule has 27 heavy (non-hydrogen) atoms. The van der Waals surface area contributed by atoms with E-state index in [1.165, 1.54) is 16.7 Å². The normalized spacial score (nSPS) is 10.8. The van der Waals surface area contributed by atoms with Gasteiger partial charge in [0.05, 0.1) is 14.2 Å². The van der Waals surface area contributed by atoms with Crippen LogP contribution in [0.3, 0.4) is 0 Å². The van der Waals surface area contributed by atoms with Gasteiger partial charge in [-0.2, -0.15) is 0 Å². The number of ether oxygens (including phenoxy) is 2. The first kappa shape index (κ1) is 18.9. The molecular weight excluding hydrogens is 336 g/mol. The Kier molecular flexibility index (Phi) is 6.44. The van der Waals surface area contributed by atoms with Crippen LogP contribution in [0.4, 0.5) is 0 Å². The Bertz CT molecular complexity index is 865. The third-order valence-electron chi connectivity index (χ3n) is 4.70. The second kappa shape index (κ2) is 9.19. The predicted molar refractivity (Wildman–Crippen MR) is 108 cm³/mol. The number of nitrogens with zero attached hydrogens (tertiary/aromatic N) is 2. The Morgan fingerprint density at radius 2 is 1.56 bits per heavy atom. The molecule has 0 aliphatic rings. The first-order valence-electron chi connectivity index (χ1n) is 9.06. The second-order valence-corrected chi connectivity index (χ2v) is 6.60. The molecule has 0 fully saturated rings. The molecule has 0 spiro atoms. The Labute approximate surface area is 161 Å². The molecule has 4 nitrogen and oxygen atoms in total. The lowest BCUT2D eigenvalue weighted by atomic mass is 10.1. The van der Waals surface area contributed by atoms with Crippen molar-refractivity contribution >= 4 is 0 Å². The number of methoxy groups -OCH3 is 2. The average molecular weight is 362 g/mol. The Balaban J connectivity index is 1.86. The van der Waals surface area contributed by atoms with Gasteiger partial charge >= 0.3 is 0 Å². The summed E-state index contributed by atoms with van der Waals surface area (Å²) in [6.07, 6.45) is 3.69. The smallest absolute Gasteiger partial charge is 0.127 e. The van der Waals surface area contributed by atoms with E-state index in [1.807, 2.05) is 24.5 Å². The van der Waals surface area contributed by atoms with E-state index in [0.717, 1.165) is 36.7 Å². The van der Waals surface area contributed by atoms with Crippen LogP contribution in [-0.4, -0.2) is 24.1 Å². The zero-order valence-electron chi connectivity index (χ0n) is 16.2. The van der Waals surface area contributed by atoms with Crippen molar-refractivity contribution in [3.8, 4) is 11.5 Å². The van der Waals surface area contributed by atoms with Crippen LogP contribution in [0.15, 0.2) is 67.0 Å². The zero-order valence-corrected chi connectivity index (χ0v) is 16.2. The molecule has 0 aliphatic heterocycles. The zero-order chi connectivity index (χ0) is 19.1. The third-order valence-corrected chi connectivity index (χ3v) is 4.70. The van der Waals surface area contributed by atoms with Gasteiger partial charge in [0.2, 0.25) is 0 Å². The Morgan fingerprint density at radius 1 is 0.815 bits per heavy atom. The van der Waals surface area contributed by atoms with Gasteiger partial charge in [-0.25, -0.2) is 0 Å². The fourth-order valence-corrected chi connectivity index (χ4v) is 3.17. The summed E-state index contributed by atoms with van der Waals surface area (Å²) in [6, 6.07) is 18.7. The number of benzene rings is 2. The van der Waals surface area contributed by atoms with Gasteiger partial charge in [-0.15, -0.1) is 0 Å². The van der Waals surface area contributed by atoms with Gasteiger partial charge in [0.1, 0.15) is 11.5 Å². The summed E-state index contributed by atoms with van der Waals surface area (Å²) >= 11 is 0. The lowest BCUT2D eigenvalue weighted by Crippen LogP contribution is -2.23. The predicted octanol–water partition coefficient (Wildman–Crippen LogP) is 4.61. The number of pyridine rings is 1. The van der Waals surface area contributed by atoms with Crippen LogP contribution in [0, 0.1) is 6.92 Å². The molecule has 4 heteroatoms. The standard InChI is InChI=1S/C23H26N2O2/c1-18-6-4-5-7-20(18)16-25(15-19-10-12-24-13-11-19)17-21-8-9-22(26-2)14-23(21)27-3/h4-14H,15-17H2,1-3H3. The fraction of sp³-hybridized carbons (Fsp3) is 0.261. The molecule has 0 unspecified atom stereocenters. The number of aryl methyl sites for hydroxylation is 1. The summed E-state index contributed by atoms with van der Waals surface area (Å²) in [6.45, 7) is 4.65. The van der Waals surface area contributed by atoms with Crippen molar-refractivity contribution in [1.29, 1.82) is 0 Å². The van der Waals surface area contributed by atoms with Crippen LogP contribution in [0.25, 0.3) is 0 Å². The fourth-order valence-electron chi connectivity index (χ4n) is 3.17. The molecule has 0 saturated carbocycles. The lowest BCUT2D eigenvalue weighted by molar-refractivity contribution is 0.243. The molecule has 1 aromatic heterocycles. The molecule has 3 aromatic rings. The van der Waals surface area contributed by atoms with E-state index < -0.39 is 0 Å². The largest absolute Gasteiger partial charge is 0.497 e. The molecule has 0 saturated heterocycles. The van der Waals surface area contributed by atoms with E-state index in [4.69, 9.17) is 9.47 Å². The van der Waals surface area contributed by atoms with Crippen molar-refractivity contribution in [2.75, 3.05) is 14.2 Å². The molecule has 0 amide bonds. The maximum atomic E-state index is 5.60. The summed E-state index contributed by atoms with van der Waals surface area (Å²) in [4.78, 5) is 6.55. The minimum absolute atomic E-state index is 0.782. The summed E-state index contributed by atoms with van der Waals surface area (Å²) in [5, 5.41) is 0. The van der Waals surface area contributed by atoms with Crippen molar-refractivity contribution in [2.24, 2.45) is 0 Å². The first-order valence-corrected chi connectivity index (χ1v) is 9.06. The third kappa shape index (κ3) is 5.08. The summed E-state index contributed by atoms with van der Waals surface area (Å²) in [7, 11) is 3.37. The van der Waals surface area contributed by atoms with Crippen LogP contribution in [-0.2, 0) is 19.6 Å². The molecule has 0 N–H and O–H groups in total. The van der Waals surface area contributed by atoms with Crippen molar-refractivity contribution < 1.29 is 9.47 Å². The minimum atomic E-state index is 0.782. The van der Waals surface area contributed by atoms with Gasteiger partial charge in [0.15, 0.2) is 0 Å². The van der Waals surface area contributed by atoms with Gasteiger partial charge in [0.25, 0.3) is 0 Å². The van der Waals surface area contributed by atoms with Gasteiger partial charge in [-0.3, -0.25) is 9.88 Å². The molecule has 140 valence electrons. The Morgan fingerprint density at radius 3 is 2.26 bits per heavy atom. The summed E-state index contributed by atoms with van der Waals surface area (Å²) in [5.41, 5.74) is 5.02. The minimum Gasteiger partial charge on any atom is -0.497 e. The molecule has 3 rings (SSSR count). The summed E-state index contributed by atoms with van der Waals surface area (Å²) < 4.78 is 10.9. The second-order valence-electron chi connectivity index (χ2n) is 6.60. The van der Waals surface area contributed by atoms with Crippen LogP contribution >= 0.6 is 0 Å². The highest BCUT2D eigenvalue weighted by molar-refractivity contribution is 5.40. The van der Waals surface area contributed by atoms with Gasteiger partial charge in [-0.05, 0) is 41.8 Å². The monoisotopic (exact) mass is 362 g/mol. The molecule has 0 bridgehead atoms. The number of aromatic nitrogens is 1. The topological polar surface area (TPSA) is 34.6 Å². The molecule has 0 atom stereocenters. The number of hydrogen-bond acceptors (Lipinski definition) is 4. The summed E-state index contributed by atoms with van der Waals surface area (Å²) in [5.74, 6) is 1.65. The molecule has 2 aromatic carbocycles. The molecular formula is C23H26N2O2. The van der Waals surface area contributed by atoms with E-state index in [9.17, 15) is 0 Å². The van der Waals surface area contributed by atoms with E-state index in [1.54, 1.807) is 14.2 Å². The maximum absolute atomic E-state index is 5.60. The highest BCUT2D eigenvalue weighted by Crippen LogP contribution is 2.27. The molecule has 0 radical (unpaired) electrons. The van der Waals surface area contributed by atoms with E-state index in [0.29, 0.717) is 0 Å².